The Morgan fingerprint density at radius 2 is 1.65 bits per heavy atom. The minimum absolute atomic E-state index is 0.629. The normalized spacial score (nSPS) is 18.3. The summed E-state index contributed by atoms with van der Waals surface area (Å²) in [5.74, 6) is 0. The van der Waals surface area contributed by atoms with Crippen LogP contribution in [0.25, 0.3) is 11.1 Å². The highest BCUT2D eigenvalue weighted by atomic mass is 28.3. The number of hydrogen-bond donors (Lipinski definition) is 0. The van der Waals surface area contributed by atoms with Crippen LogP contribution in [0.5, 0.6) is 0 Å². The summed E-state index contributed by atoms with van der Waals surface area (Å²) in [6.07, 6.45) is 3.72. The molecule has 0 N–H and O–H groups in total. The van der Waals surface area contributed by atoms with Crippen LogP contribution in [0.4, 0.5) is 0 Å². The molecule has 0 bridgehead atoms. The minimum Gasteiger partial charge on any atom is -0.366 e. The van der Waals surface area contributed by atoms with Gasteiger partial charge in [-0.15, -0.1) is 0 Å². The van der Waals surface area contributed by atoms with E-state index < -0.39 is 8.07 Å². The molecule has 1 heterocycles. The van der Waals surface area contributed by atoms with Crippen LogP contribution in [0, 0.1) is 0 Å². The highest BCUT2D eigenvalue weighted by molar-refractivity contribution is 6.76. The van der Waals surface area contributed by atoms with Crippen LogP contribution >= 0.6 is 0 Å². The maximum atomic E-state index is 6.00. The summed E-state index contributed by atoms with van der Waals surface area (Å²) in [5.41, 5.74) is 4.02. The highest BCUT2D eigenvalue weighted by Gasteiger charge is 2.24. The molecule has 2 aromatic rings. The summed E-state index contributed by atoms with van der Waals surface area (Å²) < 4.78 is 6.00. The van der Waals surface area contributed by atoms with E-state index in [1.165, 1.54) is 42.1 Å². The van der Waals surface area contributed by atoms with Gasteiger partial charge in [0.05, 0.1) is 6.73 Å². The fraction of sp³-hybridized carbons (Fsp3) is 0.478. The quantitative estimate of drug-likeness (QED) is 0.440. The molecule has 1 aliphatic heterocycles. The molecule has 3 heteroatoms. The zero-order chi connectivity index (χ0) is 18.4. The van der Waals surface area contributed by atoms with Gasteiger partial charge in [-0.05, 0) is 42.0 Å². The van der Waals surface area contributed by atoms with Gasteiger partial charge in [-0.3, -0.25) is 4.90 Å². The van der Waals surface area contributed by atoms with Gasteiger partial charge in [-0.1, -0.05) is 74.2 Å². The van der Waals surface area contributed by atoms with Gasteiger partial charge in [-0.2, -0.15) is 0 Å². The van der Waals surface area contributed by atoms with E-state index in [-0.39, 0.29) is 0 Å². The number of benzene rings is 2. The van der Waals surface area contributed by atoms with Crippen molar-refractivity contribution in [2.45, 2.75) is 51.0 Å². The smallest absolute Gasteiger partial charge is 0.0992 e. The van der Waals surface area contributed by atoms with Crippen molar-refractivity contribution in [2.24, 2.45) is 0 Å². The van der Waals surface area contributed by atoms with Crippen molar-refractivity contribution in [3.8, 4) is 11.1 Å². The Labute approximate surface area is 160 Å². The molecule has 0 radical (unpaired) electrons. The van der Waals surface area contributed by atoms with Crippen LogP contribution in [0.3, 0.4) is 0 Å². The summed E-state index contributed by atoms with van der Waals surface area (Å²) in [6, 6.07) is 21.6. The zero-order valence-corrected chi connectivity index (χ0v) is 17.6. The maximum absolute atomic E-state index is 6.00. The minimum atomic E-state index is -0.989. The standard InChI is InChI=1S/C23H33NOSi/c1-26(2,3)17-16-25-19-24-15-7-10-23(24)18-20-11-13-22(14-12-20)21-8-5-4-6-9-21/h4-6,8-9,11-14,23H,7,10,15-19H2,1-3H3/t23-/m0/s1. The van der Waals surface area contributed by atoms with Crippen molar-refractivity contribution in [2.75, 3.05) is 19.9 Å². The summed E-state index contributed by atoms with van der Waals surface area (Å²) in [7, 11) is -0.989. The van der Waals surface area contributed by atoms with E-state index in [1.807, 2.05) is 0 Å². The fourth-order valence-electron chi connectivity index (χ4n) is 3.59. The molecule has 0 saturated carbocycles. The van der Waals surface area contributed by atoms with Crippen molar-refractivity contribution in [3.63, 3.8) is 0 Å². The van der Waals surface area contributed by atoms with Gasteiger partial charge >= 0.3 is 0 Å². The Hall–Kier alpha value is -1.42. The molecule has 1 aliphatic rings. The molecule has 3 rings (SSSR count). The van der Waals surface area contributed by atoms with Crippen LogP contribution in [-0.2, 0) is 11.2 Å². The lowest BCUT2D eigenvalue weighted by atomic mass is 10.00. The van der Waals surface area contributed by atoms with Crippen LogP contribution in [-0.4, -0.2) is 38.9 Å². The Morgan fingerprint density at radius 3 is 2.35 bits per heavy atom. The third kappa shape index (κ3) is 5.80. The van der Waals surface area contributed by atoms with Gasteiger partial charge in [-0.25, -0.2) is 0 Å². The van der Waals surface area contributed by atoms with Crippen LogP contribution in [0.15, 0.2) is 54.6 Å². The molecule has 0 aromatic heterocycles. The van der Waals surface area contributed by atoms with Gasteiger partial charge in [0.2, 0.25) is 0 Å². The van der Waals surface area contributed by atoms with E-state index in [1.54, 1.807) is 0 Å². The zero-order valence-electron chi connectivity index (χ0n) is 16.6. The molecule has 1 fully saturated rings. The second-order valence-corrected chi connectivity index (χ2v) is 14.3. The molecule has 26 heavy (non-hydrogen) atoms. The lowest BCUT2D eigenvalue weighted by Crippen LogP contribution is -2.34. The first-order chi connectivity index (χ1) is 12.5. The van der Waals surface area contributed by atoms with E-state index in [9.17, 15) is 0 Å². The third-order valence-corrected chi connectivity index (χ3v) is 6.99. The van der Waals surface area contributed by atoms with Crippen LogP contribution in [0.1, 0.15) is 18.4 Å². The molecular formula is C23H33NOSi. The molecule has 1 saturated heterocycles. The highest BCUT2D eigenvalue weighted by Crippen LogP contribution is 2.24. The lowest BCUT2D eigenvalue weighted by Gasteiger charge is -2.25. The lowest BCUT2D eigenvalue weighted by molar-refractivity contribution is 0.0281. The molecule has 2 aromatic carbocycles. The third-order valence-electron chi connectivity index (χ3n) is 5.28. The average Bonchev–Trinajstić information content (AvgIpc) is 3.06. The maximum Gasteiger partial charge on any atom is 0.0992 e. The Bertz CT molecular complexity index is 663. The first kappa shape index (κ1) is 19.3. The summed E-state index contributed by atoms with van der Waals surface area (Å²) in [6.45, 7) is 10.1. The van der Waals surface area contributed by atoms with Gasteiger partial charge in [0.25, 0.3) is 0 Å². The summed E-state index contributed by atoms with van der Waals surface area (Å²) in [5, 5.41) is 0. The van der Waals surface area contributed by atoms with Crippen molar-refractivity contribution in [1.82, 2.24) is 4.90 Å². The number of nitrogens with zero attached hydrogens (tertiary/aromatic N) is 1. The topological polar surface area (TPSA) is 12.5 Å². The van der Waals surface area contributed by atoms with E-state index in [0.717, 1.165) is 19.8 Å². The van der Waals surface area contributed by atoms with E-state index in [0.29, 0.717) is 6.04 Å². The van der Waals surface area contributed by atoms with Gasteiger partial charge in [0, 0.05) is 27.3 Å². The first-order valence-electron chi connectivity index (χ1n) is 9.97. The van der Waals surface area contributed by atoms with E-state index >= 15 is 0 Å². The van der Waals surface area contributed by atoms with Crippen molar-refractivity contribution in [3.05, 3.63) is 60.2 Å². The molecule has 140 valence electrons. The van der Waals surface area contributed by atoms with Crippen molar-refractivity contribution < 1.29 is 4.74 Å². The Balaban J connectivity index is 1.51. The Morgan fingerprint density at radius 1 is 0.962 bits per heavy atom. The SMILES string of the molecule is C[Si](C)(C)CCOCN1CCC[C@H]1Cc1ccc(-c2ccccc2)cc1. The molecule has 0 amide bonds. The predicted octanol–water partition coefficient (Wildman–Crippen LogP) is 5.67. The molecule has 1 atom stereocenters. The second-order valence-electron chi connectivity index (χ2n) is 8.72. The summed E-state index contributed by atoms with van der Waals surface area (Å²) in [4.78, 5) is 2.54. The fourth-order valence-corrected chi connectivity index (χ4v) is 4.35. The van der Waals surface area contributed by atoms with Crippen LogP contribution in [0.2, 0.25) is 25.7 Å². The Kier molecular flexibility index (Phi) is 6.68. The van der Waals surface area contributed by atoms with Crippen molar-refractivity contribution in [1.29, 1.82) is 0 Å². The van der Waals surface area contributed by atoms with Gasteiger partial charge in [0.15, 0.2) is 0 Å². The summed E-state index contributed by atoms with van der Waals surface area (Å²) >= 11 is 0. The first-order valence-corrected chi connectivity index (χ1v) is 13.7. The average molecular weight is 368 g/mol. The monoisotopic (exact) mass is 367 g/mol. The number of ether oxygens (including phenoxy) is 1. The predicted molar refractivity (Wildman–Crippen MR) is 114 cm³/mol. The molecule has 0 unspecified atom stereocenters. The van der Waals surface area contributed by atoms with E-state index in [4.69, 9.17) is 4.74 Å². The van der Waals surface area contributed by atoms with Crippen molar-refractivity contribution >= 4 is 8.07 Å². The van der Waals surface area contributed by atoms with Crippen LogP contribution < -0.4 is 0 Å². The van der Waals surface area contributed by atoms with Gasteiger partial charge < -0.3 is 4.74 Å². The number of likely N-dealkylation sites (tertiary alicyclic amines) is 1. The number of rotatable bonds is 8. The molecule has 2 nitrogen and oxygen atoms in total. The largest absolute Gasteiger partial charge is 0.366 e. The molecule has 0 spiro atoms. The second kappa shape index (κ2) is 8.98. The molecule has 0 aliphatic carbocycles. The van der Waals surface area contributed by atoms with Gasteiger partial charge in [0.1, 0.15) is 0 Å². The van der Waals surface area contributed by atoms with E-state index in [2.05, 4.69) is 79.1 Å². The molecular weight excluding hydrogens is 334 g/mol. The number of hydrogen-bond acceptors (Lipinski definition) is 2.